The number of aromatic nitrogens is 3. The van der Waals surface area contributed by atoms with Gasteiger partial charge in [-0.2, -0.15) is 12.1 Å². The third kappa shape index (κ3) is 5.64. The zero-order valence-electron chi connectivity index (χ0n) is 37.7. The molecule has 3 aromatic heterocycles. The molecular weight excluding hydrogens is 892 g/mol. The summed E-state index contributed by atoms with van der Waals surface area (Å²) in [6.45, 7) is 7.89. The molecule has 7 aromatic carbocycles. The molecule has 0 saturated heterocycles. The van der Waals surface area contributed by atoms with Gasteiger partial charge in [-0.05, 0) is 99.9 Å². The monoisotopic (exact) mass is 934 g/mol. The Morgan fingerprint density at radius 2 is 1.41 bits per heavy atom. The quantitative estimate of drug-likeness (QED) is 0.161. The first-order valence-corrected chi connectivity index (χ1v) is 18.9. The van der Waals surface area contributed by atoms with Crippen LogP contribution in [0.1, 0.15) is 31.8 Å². The van der Waals surface area contributed by atoms with Gasteiger partial charge in [-0.25, -0.2) is 4.98 Å². The van der Waals surface area contributed by atoms with E-state index in [9.17, 15) is 0 Å². The van der Waals surface area contributed by atoms with Gasteiger partial charge in [0.25, 0.3) is 0 Å². The second-order valence-electron chi connectivity index (χ2n) is 14.4. The Morgan fingerprint density at radius 3 is 2.28 bits per heavy atom. The Hall–Kier alpha value is -6.55. The first-order chi connectivity index (χ1) is 30.4. The number of fused-ring (bicyclic) bond motifs is 10. The van der Waals surface area contributed by atoms with E-state index >= 15 is 0 Å². The molecule has 0 bridgehead atoms. The van der Waals surface area contributed by atoms with E-state index in [1.165, 1.54) is 29.5 Å². The number of hydrogen-bond donors (Lipinski definition) is 0. The van der Waals surface area contributed by atoms with Gasteiger partial charge in [0.05, 0.1) is 5.48 Å². The fourth-order valence-electron chi connectivity index (χ4n) is 8.42. The predicted octanol–water partition coefficient (Wildman–Crippen LogP) is 13.4. The molecule has 0 N–H and O–H groups in total. The first kappa shape index (κ1) is 29.7. The standard InChI is InChI=1S/C52H37N4O.Pt/c1-4-35-26-27-53-50(29-35)56-47-20-8-7-17-42(47)43-25-23-38(31-49(43)56)57-37-14-10-13-36(30-37)54-32-55-51-34(3)12-9-18-45(51)46-28-33(2)22-24-41(46)39-15-5-6-16-40(39)44-19-11-21-48(54)52(44)55;/h5-29,32H,4H2,1-3H3;/q-3;/i4D2,7D,8D,17D,20D;. The predicted molar refractivity (Wildman–Crippen MR) is 236 cm³/mol. The number of aryl methyl sites for hydroxylation is 3. The second-order valence-corrected chi connectivity index (χ2v) is 14.4. The van der Waals surface area contributed by atoms with Crippen molar-refractivity contribution in [2.45, 2.75) is 27.1 Å². The summed E-state index contributed by atoms with van der Waals surface area (Å²) in [6, 6.07) is 46.4. The zero-order valence-corrected chi connectivity index (χ0v) is 34.0. The Labute approximate surface area is 359 Å². The summed E-state index contributed by atoms with van der Waals surface area (Å²) in [5.74, 6) is 1.03. The fraction of sp³-hybridized carbons (Fsp3) is 0.0769. The van der Waals surface area contributed by atoms with E-state index in [2.05, 4.69) is 126 Å². The van der Waals surface area contributed by atoms with Crippen molar-refractivity contribution in [3.8, 4) is 17.3 Å². The Kier molecular flexibility index (Phi) is 7.22. The minimum Gasteiger partial charge on any atom is -0.509 e. The molecule has 0 aliphatic carbocycles. The number of benzene rings is 7. The van der Waals surface area contributed by atoms with Crippen LogP contribution in [0.25, 0.3) is 71.0 Å². The molecule has 0 spiro atoms. The summed E-state index contributed by atoms with van der Waals surface area (Å²) in [4.78, 5) is 6.70. The molecule has 0 radical (unpaired) electrons. The SMILES string of the molecule is [2H]c1c([2H])c([2H])c2c(c1[2H])c1ccc(Oc3[c-]c(N4[CH-]n5c6c(C)cccc6c6cc(C)ccc6c6ccccc6c6cccc4c65)ccc3)[c-]c1n2-c1cc(C([2H])([2H])C)ccn1.[Pt]. The maximum absolute atomic E-state index is 8.95. The average Bonchev–Trinajstić information content (AvgIpc) is 3.84. The number of nitrogens with zero attached hydrogens (tertiary/aromatic N) is 4. The van der Waals surface area contributed by atoms with E-state index in [4.69, 9.17) is 13.0 Å². The molecule has 0 atom stereocenters. The van der Waals surface area contributed by atoms with Gasteiger partial charge in [-0.1, -0.05) is 126 Å². The van der Waals surface area contributed by atoms with Crippen molar-refractivity contribution < 1.29 is 34.0 Å². The number of ether oxygens (including phenoxy) is 1. The summed E-state index contributed by atoms with van der Waals surface area (Å²) < 4.78 is 62.0. The van der Waals surface area contributed by atoms with Crippen LogP contribution in [0, 0.1) is 32.6 Å². The van der Waals surface area contributed by atoms with Crippen LogP contribution >= 0.6 is 0 Å². The Bertz CT molecular complexity index is 3670. The van der Waals surface area contributed by atoms with Crippen LogP contribution in [0.2, 0.25) is 0 Å². The molecule has 0 saturated carbocycles. The molecule has 4 heterocycles. The van der Waals surface area contributed by atoms with Gasteiger partial charge in [0, 0.05) is 52.7 Å². The van der Waals surface area contributed by atoms with Gasteiger partial charge in [-0.3, -0.25) is 0 Å². The third-order valence-electron chi connectivity index (χ3n) is 11.0. The van der Waals surface area contributed by atoms with Crippen LogP contribution in [-0.4, -0.2) is 14.1 Å². The van der Waals surface area contributed by atoms with Crippen LogP contribution in [0.4, 0.5) is 11.4 Å². The van der Waals surface area contributed by atoms with Crippen LogP contribution in [-0.2, 0) is 27.4 Å². The molecule has 5 nitrogen and oxygen atoms in total. The third-order valence-corrected chi connectivity index (χ3v) is 11.0. The topological polar surface area (TPSA) is 35.2 Å². The summed E-state index contributed by atoms with van der Waals surface area (Å²) in [7, 11) is 0. The average molecular weight is 935 g/mol. The van der Waals surface area contributed by atoms with Gasteiger partial charge in [-0.15, -0.1) is 35.7 Å². The number of hydrogen-bond acceptors (Lipinski definition) is 3. The van der Waals surface area contributed by atoms with Crippen LogP contribution in [0.3, 0.4) is 0 Å². The number of rotatable bonds is 5. The Balaban J connectivity index is 0.00000484. The molecule has 284 valence electrons. The van der Waals surface area contributed by atoms with Gasteiger partial charge in [0.1, 0.15) is 5.82 Å². The van der Waals surface area contributed by atoms with Gasteiger partial charge >= 0.3 is 0 Å². The minimum absolute atomic E-state index is 0. The number of pyridine rings is 1. The number of para-hydroxylation sites is 3. The maximum Gasteiger partial charge on any atom is 0.135 e. The van der Waals surface area contributed by atoms with Crippen LogP contribution in [0.5, 0.6) is 11.5 Å². The molecule has 1 aliphatic rings. The van der Waals surface area contributed by atoms with Gasteiger partial charge in [0.2, 0.25) is 0 Å². The first-order valence-electron chi connectivity index (χ1n) is 21.9. The molecule has 58 heavy (non-hydrogen) atoms. The van der Waals surface area contributed by atoms with Crippen LogP contribution < -0.4 is 9.64 Å². The van der Waals surface area contributed by atoms with E-state index in [0.29, 0.717) is 33.4 Å². The summed E-state index contributed by atoms with van der Waals surface area (Å²) in [5, 5.41) is 7.73. The molecule has 1 aliphatic heterocycles. The summed E-state index contributed by atoms with van der Waals surface area (Å²) >= 11 is 0. The maximum atomic E-state index is 8.95. The van der Waals surface area contributed by atoms with E-state index in [0.717, 1.165) is 49.5 Å². The van der Waals surface area contributed by atoms with E-state index in [1.807, 2.05) is 18.2 Å². The zero-order chi connectivity index (χ0) is 43.5. The van der Waals surface area contributed by atoms with Gasteiger partial charge in [0.15, 0.2) is 0 Å². The fourth-order valence-corrected chi connectivity index (χ4v) is 8.42. The van der Waals surface area contributed by atoms with Crippen molar-refractivity contribution >= 4 is 76.5 Å². The molecule has 0 unspecified atom stereocenters. The van der Waals surface area contributed by atoms with E-state index in [-0.39, 0.29) is 56.6 Å². The van der Waals surface area contributed by atoms with Crippen molar-refractivity contribution in [1.29, 1.82) is 0 Å². The van der Waals surface area contributed by atoms with Gasteiger partial charge < -0.3 is 18.8 Å². The molecular formula is C52H37N4OPt-3. The van der Waals surface area contributed by atoms with Crippen molar-refractivity contribution in [2.24, 2.45) is 0 Å². The number of anilines is 2. The van der Waals surface area contributed by atoms with E-state index in [1.54, 1.807) is 28.8 Å². The summed E-state index contributed by atoms with van der Waals surface area (Å²) in [6.07, 6.45) is -0.189. The molecule has 6 heteroatoms. The van der Waals surface area contributed by atoms with Crippen molar-refractivity contribution in [3.63, 3.8) is 0 Å². The molecule has 10 aromatic rings. The molecule has 0 fully saturated rings. The smallest absolute Gasteiger partial charge is 0.135 e. The van der Waals surface area contributed by atoms with Crippen molar-refractivity contribution in [1.82, 2.24) is 14.1 Å². The molecule has 0 amide bonds. The van der Waals surface area contributed by atoms with Crippen molar-refractivity contribution in [3.05, 3.63) is 187 Å². The van der Waals surface area contributed by atoms with E-state index < -0.39 is 6.37 Å². The minimum atomic E-state index is -1.69. The second kappa shape index (κ2) is 14.1. The Morgan fingerprint density at radius 1 is 0.690 bits per heavy atom. The summed E-state index contributed by atoms with van der Waals surface area (Å²) in [5.41, 5.74) is 7.19. The van der Waals surface area contributed by atoms with Crippen molar-refractivity contribution in [2.75, 3.05) is 4.90 Å². The normalized spacial score (nSPS) is 13.8. The molecule has 11 rings (SSSR count). The largest absolute Gasteiger partial charge is 0.509 e. The van der Waals surface area contributed by atoms with Crippen LogP contribution in [0.15, 0.2) is 152 Å².